The van der Waals surface area contributed by atoms with Gasteiger partial charge in [0.2, 0.25) is 0 Å². The van der Waals surface area contributed by atoms with Crippen LogP contribution in [0.5, 0.6) is 0 Å². The molecule has 0 radical (unpaired) electrons. The number of carbonyl (C=O) groups is 1. The number of carbonyl (C=O) groups excluding carboxylic acids is 1. The molecular formula is C21H21F3N2O2. The highest BCUT2D eigenvalue weighted by atomic mass is 19.4. The third-order valence-corrected chi connectivity index (χ3v) is 5.41. The summed E-state index contributed by atoms with van der Waals surface area (Å²) in [7, 11) is 0. The molecule has 1 saturated heterocycles. The topological polar surface area (TPSA) is 41.6 Å². The highest BCUT2D eigenvalue weighted by molar-refractivity contribution is 5.95. The number of anilines is 1. The zero-order chi connectivity index (χ0) is 19.9. The second-order valence-corrected chi connectivity index (χ2v) is 7.25. The Balaban J connectivity index is 1.56. The molecule has 2 aromatic carbocycles. The monoisotopic (exact) mass is 390 g/mol. The minimum absolute atomic E-state index is 0.357. The molecule has 0 aromatic heterocycles. The van der Waals surface area contributed by atoms with Crippen LogP contribution in [0.4, 0.5) is 18.9 Å². The summed E-state index contributed by atoms with van der Waals surface area (Å²) in [6.07, 6.45) is -4.48. The summed E-state index contributed by atoms with van der Waals surface area (Å²) in [4.78, 5) is 14.6. The van der Waals surface area contributed by atoms with E-state index in [4.69, 9.17) is 4.74 Å². The number of aryl methyl sites for hydroxylation is 1. The van der Waals surface area contributed by atoms with Crippen molar-refractivity contribution < 1.29 is 22.7 Å². The summed E-state index contributed by atoms with van der Waals surface area (Å²) >= 11 is 0. The third-order valence-electron chi connectivity index (χ3n) is 5.41. The van der Waals surface area contributed by atoms with Crippen molar-refractivity contribution in [1.82, 2.24) is 5.32 Å². The number of alkyl halides is 3. The highest BCUT2D eigenvalue weighted by Crippen LogP contribution is 2.37. The third kappa shape index (κ3) is 3.58. The van der Waals surface area contributed by atoms with Gasteiger partial charge in [0.05, 0.1) is 11.1 Å². The first-order valence-electron chi connectivity index (χ1n) is 9.30. The zero-order valence-corrected chi connectivity index (χ0v) is 15.5. The van der Waals surface area contributed by atoms with Crippen LogP contribution in [-0.2, 0) is 17.3 Å². The van der Waals surface area contributed by atoms with E-state index in [9.17, 15) is 18.0 Å². The number of nitrogens with one attached hydrogen (secondary N) is 1. The molecule has 148 valence electrons. The van der Waals surface area contributed by atoms with Gasteiger partial charge in [0.25, 0.3) is 0 Å². The van der Waals surface area contributed by atoms with Crippen molar-refractivity contribution in [3.8, 4) is 0 Å². The first-order chi connectivity index (χ1) is 13.3. The molecule has 1 unspecified atom stereocenters. The number of hydrogen-bond donors (Lipinski definition) is 1. The van der Waals surface area contributed by atoms with Crippen LogP contribution in [0.2, 0.25) is 0 Å². The summed E-state index contributed by atoms with van der Waals surface area (Å²) in [6, 6.07) is 9.44. The number of benzene rings is 2. The fraction of sp³-hybridized carbons (Fsp3) is 0.381. The summed E-state index contributed by atoms with van der Waals surface area (Å²) in [5.41, 5.74) is 2.94. The van der Waals surface area contributed by atoms with E-state index in [1.54, 1.807) is 6.92 Å². The van der Waals surface area contributed by atoms with Crippen LogP contribution in [0.1, 0.15) is 38.7 Å². The van der Waals surface area contributed by atoms with Crippen LogP contribution in [0, 0.1) is 6.92 Å². The van der Waals surface area contributed by atoms with Crippen molar-refractivity contribution >= 4 is 11.7 Å². The normalized spacial score (nSPS) is 19.5. The maximum atomic E-state index is 12.9. The molecule has 0 bridgehead atoms. The number of fused-ring (bicyclic) bond motifs is 1. The molecule has 4 rings (SSSR count). The smallest absolute Gasteiger partial charge is 0.416 e. The van der Waals surface area contributed by atoms with Crippen LogP contribution >= 0.6 is 0 Å². The molecule has 0 saturated carbocycles. The number of esters is 1. The van der Waals surface area contributed by atoms with Crippen molar-refractivity contribution in [1.29, 1.82) is 0 Å². The first-order valence-corrected chi connectivity index (χ1v) is 9.30. The average Bonchev–Trinajstić information content (AvgIpc) is 2.98. The largest absolute Gasteiger partial charge is 0.454 e. The van der Waals surface area contributed by atoms with Gasteiger partial charge in [-0.05, 0) is 42.3 Å². The Morgan fingerprint density at radius 1 is 1.14 bits per heavy atom. The second kappa shape index (κ2) is 7.13. The van der Waals surface area contributed by atoms with Crippen LogP contribution in [-0.4, -0.2) is 32.1 Å². The number of cyclic esters (lactones) is 1. The summed E-state index contributed by atoms with van der Waals surface area (Å²) < 4.78 is 44.1. The predicted octanol–water partition coefficient (Wildman–Crippen LogP) is 3.88. The number of rotatable bonds is 3. The van der Waals surface area contributed by atoms with Gasteiger partial charge in [-0.15, -0.1) is 0 Å². The van der Waals surface area contributed by atoms with E-state index in [2.05, 4.69) is 10.2 Å². The van der Waals surface area contributed by atoms with Gasteiger partial charge < -0.3 is 15.0 Å². The lowest BCUT2D eigenvalue weighted by atomic mass is 9.95. The lowest BCUT2D eigenvalue weighted by molar-refractivity contribution is -0.137. The Bertz CT molecular complexity index is 905. The molecular weight excluding hydrogens is 369 g/mol. The molecule has 2 aliphatic rings. The van der Waals surface area contributed by atoms with Crippen molar-refractivity contribution in [3.05, 3.63) is 64.2 Å². The van der Waals surface area contributed by atoms with Gasteiger partial charge in [-0.2, -0.15) is 13.2 Å². The van der Waals surface area contributed by atoms with Crippen molar-refractivity contribution in [2.24, 2.45) is 0 Å². The maximum absolute atomic E-state index is 12.9. The predicted molar refractivity (Wildman–Crippen MR) is 99.6 cm³/mol. The molecule has 2 aromatic rings. The molecule has 2 aliphatic heterocycles. The van der Waals surface area contributed by atoms with E-state index < -0.39 is 17.8 Å². The summed E-state index contributed by atoms with van der Waals surface area (Å²) in [5.74, 6) is -0.374. The number of halogens is 3. The number of hydrogen-bond acceptors (Lipinski definition) is 4. The molecule has 0 amide bonds. The lowest BCUT2D eigenvalue weighted by Crippen LogP contribution is -2.43. The van der Waals surface area contributed by atoms with Crippen molar-refractivity contribution in [3.63, 3.8) is 0 Å². The van der Waals surface area contributed by atoms with Gasteiger partial charge in [-0.3, -0.25) is 0 Å². The zero-order valence-electron chi connectivity index (χ0n) is 15.5. The second-order valence-electron chi connectivity index (χ2n) is 7.25. The van der Waals surface area contributed by atoms with Gasteiger partial charge in [0, 0.05) is 43.9 Å². The Morgan fingerprint density at radius 3 is 2.57 bits per heavy atom. The minimum atomic E-state index is -4.36. The van der Waals surface area contributed by atoms with E-state index in [1.807, 2.05) is 18.2 Å². The Morgan fingerprint density at radius 2 is 1.89 bits per heavy atom. The molecule has 1 atom stereocenters. The van der Waals surface area contributed by atoms with Crippen molar-refractivity contribution in [2.75, 3.05) is 31.1 Å². The Kier molecular flexibility index (Phi) is 4.79. The lowest BCUT2D eigenvalue weighted by Gasteiger charge is -2.29. The molecule has 1 N–H and O–H groups in total. The number of ether oxygens (including phenoxy) is 1. The van der Waals surface area contributed by atoms with E-state index in [1.165, 1.54) is 6.07 Å². The van der Waals surface area contributed by atoms with Gasteiger partial charge in [0.15, 0.2) is 0 Å². The van der Waals surface area contributed by atoms with Gasteiger partial charge in [0.1, 0.15) is 6.10 Å². The standard InChI is InChI=1S/C21H21F3N2O2/c1-13-10-15(21(22,23)24)3-2-14(13)11-19-17-5-4-16(12-18(17)20(27)28-19)26-8-6-25-7-9-26/h2-5,10,12,19,25H,6-9,11H2,1H3. The summed E-state index contributed by atoms with van der Waals surface area (Å²) in [5, 5.41) is 3.29. The number of piperazine rings is 1. The van der Waals surface area contributed by atoms with Crippen LogP contribution in [0.15, 0.2) is 36.4 Å². The van der Waals surface area contributed by atoms with Gasteiger partial charge in [-0.1, -0.05) is 12.1 Å². The molecule has 4 nitrogen and oxygen atoms in total. The van der Waals surface area contributed by atoms with Gasteiger partial charge >= 0.3 is 12.1 Å². The fourth-order valence-electron chi connectivity index (χ4n) is 3.83. The van der Waals surface area contributed by atoms with Crippen LogP contribution < -0.4 is 10.2 Å². The minimum Gasteiger partial charge on any atom is -0.454 e. The van der Waals surface area contributed by atoms with E-state index in [-0.39, 0.29) is 5.97 Å². The molecule has 0 aliphatic carbocycles. The molecule has 7 heteroatoms. The quantitative estimate of drug-likeness (QED) is 0.808. The molecule has 1 fully saturated rings. The molecule has 2 heterocycles. The molecule has 28 heavy (non-hydrogen) atoms. The first kappa shape index (κ1) is 18.8. The van der Waals surface area contributed by atoms with Crippen molar-refractivity contribution in [2.45, 2.75) is 25.6 Å². The Hall–Kier alpha value is -2.54. The van der Waals surface area contributed by atoms with E-state index >= 15 is 0 Å². The highest BCUT2D eigenvalue weighted by Gasteiger charge is 2.33. The maximum Gasteiger partial charge on any atom is 0.416 e. The average molecular weight is 390 g/mol. The van der Waals surface area contributed by atoms with E-state index in [0.29, 0.717) is 17.5 Å². The fourth-order valence-corrected chi connectivity index (χ4v) is 3.83. The van der Waals surface area contributed by atoms with Crippen LogP contribution in [0.25, 0.3) is 0 Å². The van der Waals surface area contributed by atoms with Gasteiger partial charge in [-0.25, -0.2) is 4.79 Å². The van der Waals surface area contributed by atoms with Crippen LogP contribution in [0.3, 0.4) is 0 Å². The Labute approximate surface area is 161 Å². The molecule has 0 spiro atoms. The summed E-state index contributed by atoms with van der Waals surface area (Å²) in [6.45, 7) is 5.20. The SMILES string of the molecule is Cc1cc(C(F)(F)F)ccc1CC1OC(=O)c2cc(N3CCNCC3)ccc21. The number of nitrogens with zero attached hydrogens (tertiary/aromatic N) is 1. The van der Waals surface area contributed by atoms with E-state index in [0.717, 1.165) is 55.1 Å².